The van der Waals surface area contributed by atoms with Crippen LogP contribution >= 0.6 is 11.8 Å². The molecule has 1 nitrogen and oxygen atoms in total. The molecule has 0 aliphatic carbocycles. The van der Waals surface area contributed by atoms with E-state index in [0.717, 1.165) is 0 Å². The predicted octanol–water partition coefficient (Wildman–Crippen LogP) is 5.54. The van der Waals surface area contributed by atoms with Gasteiger partial charge in [0.25, 0.3) is 0 Å². The molecule has 106 valence electrons. The highest BCUT2D eigenvalue weighted by Gasteiger charge is 2.22. The van der Waals surface area contributed by atoms with Crippen molar-refractivity contribution < 1.29 is 5.11 Å². The fraction of sp³-hybridized carbons (Fsp3) is 0.333. The zero-order valence-electron chi connectivity index (χ0n) is 12.6. The molecule has 0 amide bonds. The van der Waals surface area contributed by atoms with Crippen molar-refractivity contribution >= 4 is 11.8 Å². The molecular formula is C18H22OS. The number of hydrogen-bond donors (Lipinski definition) is 1. The highest BCUT2D eigenvalue weighted by molar-refractivity contribution is 8.00. The van der Waals surface area contributed by atoms with Crippen LogP contribution in [0.15, 0.2) is 53.4 Å². The van der Waals surface area contributed by atoms with Crippen LogP contribution in [0.25, 0.3) is 0 Å². The molecule has 0 fully saturated rings. The number of rotatable bonds is 4. The predicted molar refractivity (Wildman–Crippen MR) is 87.5 cm³/mol. The average molecular weight is 286 g/mol. The van der Waals surface area contributed by atoms with E-state index in [2.05, 4.69) is 52.0 Å². The van der Waals surface area contributed by atoms with E-state index >= 15 is 0 Å². The molecule has 20 heavy (non-hydrogen) atoms. The normalized spacial score (nSPS) is 11.8. The molecule has 0 atom stereocenters. The van der Waals surface area contributed by atoms with Crippen LogP contribution in [-0.2, 0) is 4.75 Å². The molecule has 0 aliphatic rings. The van der Waals surface area contributed by atoms with Crippen LogP contribution in [-0.4, -0.2) is 5.11 Å². The third kappa shape index (κ3) is 3.57. The number of phenolic OH excluding ortho intramolecular Hbond substituents is 1. The van der Waals surface area contributed by atoms with Crippen LogP contribution in [0.2, 0.25) is 0 Å². The summed E-state index contributed by atoms with van der Waals surface area (Å²) in [6.07, 6.45) is 0. The minimum absolute atomic E-state index is 0.00643. The SMILES string of the molecule is CC(C)c1ccc(C(C)(C)Sc2ccc(O)cc2)cc1. The van der Waals surface area contributed by atoms with Gasteiger partial charge in [-0.15, -0.1) is 11.8 Å². The van der Waals surface area contributed by atoms with Crippen LogP contribution in [0.3, 0.4) is 0 Å². The van der Waals surface area contributed by atoms with E-state index in [1.165, 1.54) is 16.0 Å². The maximum absolute atomic E-state index is 9.35. The molecule has 0 aliphatic heterocycles. The smallest absolute Gasteiger partial charge is 0.115 e. The monoisotopic (exact) mass is 286 g/mol. The topological polar surface area (TPSA) is 20.2 Å². The van der Waals surface area contributed by atoms with Crippen LogP contribution in [0.4, 0.5) is 0 Å². The Morgan fingerprint density at radius 2 is 1.45 bits per heavy atom. The summed E-state index contributed by atoms with van der Waals surface area (Å²) in [6.45, 7) is 8.89. The van der Waals surface area contributed by atoms with Crippen molar-refractivity contribution in [3.05, 3.63) is 59.7 Å². The van der Waals surface area contributed by atoms with Crippen LogP contribution in [0.1, 0.15) is 44.7 Å². The zero-order valence-corrected chi connectivity index (χ0v) is 13.4. The van der Waals surface area contributed by atoms with E-state index in [9.17, 15) is 5.11 Å². The van der Waals surface area contributed by atoms with E-state index in [1.54, 1.807) is 12.1 Å². The second-order valence-electron chi connectivity index (χ2n) is 5.88. The minimum Gasteiger partial charge on any atom is -0.508 e. The van der Waals surface area contributed by atoms with E-state index in [-0.39, 0.29) is 4.75 Å². The van der Waals surface area contributed by atoms with Gasteiger partial charge in [0, 0.05) is 9.64 Å². The van der Waals surface area contributed by atoms with Crippen molar-refractivity contribution in [1.82, 2.24) is 0 Å². The summed E-state index contributed by atoms with van der Waals surface area (Å²) >= 11 is 1.81. The van der Waals surface area contributed by atoms with Gasteiger partial charge in [0.2, 0.25) is 0 Å². The largest absolute Gasteiger partial charge is 0.508 e. The molecule has 0 saturated carbocycles. The third-order valence-electron chi connectivity index (χ3n) is 3.48. The standard InChI is InChI=1S/C18H22OS/c1-13(2)14-5-7-15(8-6-14)18(3,4)20-17-11-9-16(19)10-12-17/h5-13,19H,1-4H3. The average Bonchev–Trinajstić information content (AvgIpc) is 2.41. The Morgan fingerprint density at radius 1 is 0.900 bits per heavy atom. The molecule has 0 spiro atoms. The summed E-state index contributed by atoms with van der Waals surface area (Å²) in [5, 5.41) is 9.35. The molecule has 0 heterocycles. The summed E-state index contributed by atoms with van der Waals surface area (Å²) in [7, 11) is 0. The maximum atomic E-state index is 9.35. The Balaban J connectivity index is 2.18. The molecule has 2 rings (SSSR count). The van der Waals surface area contributed by atoms with E-state index < -0.39 is 0 Å². The van der Waals surface area contributed by atoms with Crippen molar-refractivity contribution in [3.63, 3.8) is 0 Å². The van der Waals surface area contributed by atoms with Gasteiger partial charge in [-0.25, -0.2) is 0 Å². The highest BCUT2D eigenvalue weighted by Crippen LogP contribution is 2.41. The zero-order chi connectivity index (χ0) is 14.8. The molecule has 1 N–H and O–H groups in total. The highest BCUT2D eigenvalue weighted by atomic mass is 32.2. The van der Waals surface area contributed by atoms with E-state index in [4.69, 9.17) is 0 Å². The maximum Gasteiger partial charge on any atom is 0.115 e. The lowest BCUT2D eigenvalue weighted by atomic mass is 9.97. The van der Waals surface area contributed by atoms with Gasteiger partial charge < -0.3 is 5.11 Å². The molecule has 0 saturated heterocycles. The van der Waals surface area contributed by atoms with Gasteiger partial charge in [-0.05, 0) is 55.2 Å². The first kappa shape index (κ1) is 15.0. The lowest BCUT2D eigenvalue weighted by molar-refractivity contribution is 0.475. The molecule has 2 aromatic rings. The molecule has 0 unspecified atom stereocenters. The van der Waals surface area contributed by atoms with Gasteiger partial charge in [0.1, 0.15) is 5.75 Å². The Kier molecular flexibility index (Phi) is 4.44. The van der Waals surface area contributed by atoms with Crippen molar-refractivity contribution in [2.45, 2.75) is 43.3 Å². The number of thioether (sulfide) groups is 1. The number of hydrogen-bond acceptors (Lipinski definition) is 2. The Labute approximate surface area is 126 Å². The van der Waals surface area contributed by atoms with Crippen molar-refractivity contribution in [2.24, 2.45) is 0 Å². The number of benzene rings is 2. The van der Waals surface area contributed by atoms with Crippen molar-refractivity contribution in [1.29, 1.82) is 0 Å². The summed E-state index contributed by atoms with van der Waals surface area (Å²) < 4.78 is 0.00643. The fourth-order valence-electron chi connectivity index (χ4n) is 2.14. The molecule has 2 heteroatoms. The van der Waals surface area contributed by atoms with Crippen molar-refractivity contribution in [2.75, 3.05) is 0 Å². The van der Waals surface area contributed by atoms with Gasteiger partial charge in [-0.3, -0.25) is 0 Å². The molecule has 0 radical (unpaired) electrons. The third-order valence-corrected chi connectivity index (χ3v) is 4.74. The van der Waals surface area contributed by atoms with Crippen LogP contribution in [0.5, 0.6) is 5.75 Å². The van der Waals surface area contributed by atoms with Crippen LogP contribution < -0.4 is 0 Å². The van der Waals surface area contributed by atoms with Crippen LogP contribution in [0, 0.1) is 0 Å². The lowest BCUT2D eigenvalue weighted by Crippen LogP contribution is -2.11. The fourth-order valence-corrected chi connectivity index (χ4v) is 3.25. The van der Waals surface area contributed by atoms with E-state index in [0.29, 0.717) is 11.7 Å². The van der Waals surface area contributed by atoms with Crippen molar-refractivity contribution in [3.8, 4) is 5.75 Å². The summed E-state index contributed by atoms with van der Waals surface area (Å²) in [5.74, 6) is 0.880. The molecule has 0 aromatic heterocycles. The lowest BCUT2D eigenvalue weighted by Gasteiger charge is -2.25. The minimum atomic E-state index is 0.00643. The van der Waals surface area contributed by atoms with E-state index in [1.807, 2.05) is 23.9 Å². The summed E-state index contributed by atoms with van der Waals surface area (Å²) in [4.78, 5) is 1.17. The van der Waals surface area contributed by atoms with Gasteiger partial charge in [0.15, 0.2) is 0 Å². The first-order chi connectivity index (χ1) is 9.38. The Morgan fingerprint density at radius 3 is 1.95 bits per heavy atom. The second kappa shape index (κ2) is 5.92. The first-order valence-corrected chi connectivity index (χ1v) is 7.78. The Bertz CT molecular complexity index is 553. The number of aromatic hydroxyl groups is 1. The van der Waals surface area contributed by atoms with Gasteiger partial charge in [-0.1, -0.05) is 38.1 Å². The molecule has 2 aromatic carbocycles. The quantitative estimate of drug-likeness (QED) is 0.744. The number of phenols is 1. The summed E-state index contributed by atoms with van der Waals surface area (Å²) in [6, 6.07) is 16.3. The summed E-state index contributed by atoms with van der Waals surface area (Å²) in [5.41, 5.74) is 2.69. The van der Waals surface area contributed by atoms with Gasteiger partial charge in [0.05, 0.1) is 0 Å². The second-order valence-corrected chi connectivity index (χ2v) is 7.58. The molecule has 0 bridgehead atoms. The first-order valence-electron chi connectivity index (χ1n) is 6.97. The van der Waals surface area contributed by atoms with Gasteiger partial charge >= 0.3 is 0 Å². The Hall–Kier alpha value is -1.41. The van der Waals surface area contributed by atoms with Gasteiger partial charge in [-0.2, -0.15) is 0 Å². The molecular weight excluding hydrogens is 264 g/mol.